The molecule has 21 heavy (non-hydrogen) atoms. The van der Waals surface area contributed by atoms with Gasteiger partial charge in [-0.05, 0) is 17.5 Å². The number of hydrogen-bond donors (Lipinski definition) is 2. The van der Waals surface area contributed by atoms with E-state index in [4.69, 9.17) is 5.73 Å². The largest absolute Gasteiger partial charge is 0.348 e. The van der Waals surface area contributed by atoms with E-state index in [0.717, 1.165) is 24.0 Å². The Labute approximate surface area is 126 Å². The van der Waals surface area contributed by atoms with E-state index >= 15 is 0 Å². The molecule has 0 aliphatic carbocycles. The van der Waals surface area contributed by atoms with E-state index in [1.54, 1.807) is 0 Å². The van der Waals surface area contributed by atoms with Gasteiger partial charge in [-0.2, -0.15) is 0 Å². The molecule has 3 heteroatoms. The summed E-state index contributed by atoms with van der Waals surface area (Å²) in [6.45, 7) is 2.11. The first-order valence-corrected chi connectivity index (χ1v) is 7.38. The van der Waals surface area contributed by atoms with Crippen LogP contribution in [0.2, 0.25) is 0 Å². The van der Waals surface area contributed by atoms with Gasteiger partial charge in [-0.3, -0.25) is 4.79 Å². The van der Waals surface area contributed by atoms with E-state index in [2.05, 4.69) is 12.2 Å². The Morgan fingerprint density at radius 3 is 2.05 bits per heavy atom. The molecule has 2 atom stereocenters. The molecule has 0 radical (unpaired) electrons. The van der Waals surface area contributed by atoms with Crippen LogP contribution in [0, 0.1) is 0 Å². The number of hydrogen-bond acceptors (Lipinski definition) is 2. The number of nitrogens with two attached hydrogens (primary N) is 1. The lowest BCUT2D eigenvalue weighted by molar-refractivity contribution is -0.123. The minimum absolute atomic E-state index is 0.0125. The van der Waals surface area contributed by atoms with Gasteiger partial charge in [0.25, 0.3) is 0 Å². The Morgan fingerprint density at radius 2 is 1.52 bits per heavy atom. The van der Waals surface area contributed by atoms with Crippen molar-refractivity contribution in [3.05, 3.63) is 71.8 Å². The summed E-state index contributed by atoms with van der Waals surface area (Å²) in [6, 6.07) is 18.9. The molecule has 0 aromatic heterocycles. The Kier molecular flexibility index (Phi) is 5.52. The quantitative estimate of drug-likeness (QED) is 0.853. The highest BCUT2D eigenvalue weighted by Gasteiger charge is 2.19. The highest BCUT2D eigenvalue weighted by molar-refractivity contribution is 5.83. The first kappa shape index (κ1) is 15.3. The molecule has 0 fully saturated rings. The molecule has 1 unspecified atom stereocenters. The van der Waals surface area contributed by atoms with Crippen molar-refractivity contribution < 1.29 is 4.79 Å². The molecular formula is C18H22N2O. The van der Waals surface area contributed by atoms with E-state index in [9.17, 15) is 4.79 Å². The maximum atomic E-state index is 12.4. The van der Waals surface area contributed by atoms with Crippen LogP contribution in [0.5, 0.6) is 0 Å². The van der Waals surface area contributed by atoms with Gasteiger partial charge in [0, 0.05) is 0 Å². The van der Waals surface area contributed by atoms with E-state index in [-0.39, 0.29) is 11.9 Å². The lowest BCUT2D eigenvalue weighted by Gasteiger charge is -2.21. The molecule has 1 amide bonds. The molecule has 0 saturated carbocycles. The summed E-state index contributed by atoms with van der Waals surface area (Å²) in [5.41, 5.74) is 8.00. The number of nitrogens with one attached hydrogen (secondary N) is 1. The molecule has 0 spiro atoms. The zero-order chi connectivity index (χ0) is 15.1. The van der Waals surface area contributed by atoms with Crippen molar-refractivity contribution in [2.75, 3.05) is 0 Å². The van der Waals surface area contributed by atoms with Crippen LogP contribution in [0.4, 0.5) is 0 Å². The van der Waals surface area contributed by atoms with E-state index in [1.807, 2.05) is 60.7 Å². The normalized spacial score (nSPS) is 13.4. The second kappa shape index (κ2) is 7.60. The van der Waals surface area contributed by atoms with Crippen molar-refractivity contribution in [2.45, 2.75) is 31.8 Å². The molecule has 0 heterocycles. The fraction of sp³-hybridized carbons (Fsp3) is 0.278. The Morgan fingerprint density at radius 1 is 1.00 bits per heavy atom. The van der Waals surface area contributed by atoms with E-state index in [1.165, 1.54) is 0 Å². The Balaban J connectivity index is 2.08. The van der Waals surface area contributed by atoms with Crippen molar-refractivity contribution in [3.63, 3.8) is 0 Å². The summed E-state index contributed by atoms with van der Waals surface area (Å²) in [6.07, 6.45) is 1.90. The SMILES string of the molecule is CCC[C@@H](NC(=O)C(N)c1ccccc1)c1ccccc1. The third-order valence-corrected chi connectivity index (χ3v) is 3.54. The number of rotatable bonds is 6. The molecule has 0 saturated heterocycles. The number of carbonyl (C=O) groups excluding carboxylic acids is 1. The first-order valence-electron chi connectivity index (χ1n) is 7.38. The van der Waals surface area contributed by atoms with Gasteiger partial charge in [0.05, 0.1) is 6.04 Å². The molecule has 3 nitrogen and oxygen atoms in total. The van der Waals surface area contributed by atoms with E-state index < -0.39 is 6.04 Å². The Hall–Kier alpha value is -2.13. The molecular weight excluding hydrogens is 260 g/mol. The van der Waals surface area contributed by atoms with Crippen LogP contribution in [0.15, 0.2) is 60.7 Å². The van der Waals surface area contributed by atoms with Gasteiger partial charge in [-0.1, -0.05) is 74.0 Å². The predicted octanol–water partition coefficient (Wildman–Crippen LogP) is 3.34. The first-order chi connectivity index (χ1) is 10.2. The van der Waals surface area contributed by atoms with Crippen LogP contribution < -0.4 is 11.1 Å². The van der Waals surface area contributed by atoms with Gasteiger partial charge >= 0.3 is 0 Å². The minimum Gasteiger partial charge on any atom is -0.348 e. The summed E-state index contributed by atoms with van der Waals surface area (Å²) in [7, 11) is 0. The number of benzene rings is 2. The lowest BCUT2D eigenvalue weighted by atomic mass is 10.0. The van der Waals surface area contributed by atoms with Crippen LogP contribution in [0.3, 0.4) is 0 Å². The van der Waals surface area contributed by atoms with E-state index in [0.29, 0.717) is 0 Å². The molecule has 2 rings (SSSR count). The molecule has 3 N–H and O–H groups in total. The average molecular weight is 282 g/mol. The van der Waals surface area contributed by atoms with Gasteiger partial charge in [-0.25, -0.2) is 0 Å². The zero-order valence-electron chi connectivity index (χ0n) is 12.3. The second-order valence-corrected chi connectivity index (χ2v) is 5.15. The zero-order valence-corrected chi connectivity index (χ0v) is 12.3. The standard InChI is InChI=1S/C18H22N2O/c1-2-9-16(14-10-5-3-6-11-14)20-18(21)17(19)15-12-7-4-8-13-15/h3-8,10-13,16-17H,2,9,19H2,1H3,(H,20,21)/t16-,17?/m1/s1. The van der Waals surface area contributed by atoms with Crippen LogP contribution in [0.1, 0.15) is 43.0 Å². The smallest absolute Gasteiger partial charge is 0.241 e. The van der Waals surface area contributed by atoms with Gasteiger partial charge in [0.1, 0.15) is 6.04 Å². The predicted molar refractivity (Wildman–Crippen MR) is 85.6 cm³/mol. The molecule has 0 aliphatic heterocycles. The fourth-order valence-corrected chi connectivity index (χ4v) is 2.37. The van der Waals surface area contributed by atoms with Crippen molar-refractivity contribution in [3.8, 4) is 0 Å². The van der Waals surface area contributed by atoms with Crippen LogP contribution in [-0.2, 0) is 4.79 Å². The molecule has 2 aromatic carbocycles. The van der Waals surface area contributed by atoms with Gasteiger partial charge in [0.15, 0.2) is 0 Å². The van der Waals surface area contributed by atoms with Crippen molar-refractivity contribution in [1.82, 2.24) is 5.32 Å². The highest BCUT2D eigenvalue weighted by atomic mass is 16.2. The maximum absolute atomic E-state index is 12.4. The molecule has 0 bridgehead atoms. The maximum Gasteiger partial charge on any atom is 0.241 e. The summed E-state index contributed by atoms with van der Waals surface area (Å²) in [5, 5.41) is 3.07. The van der Waals surface area contributed by atoms with Crippen molar-refractivity contribution in [2.24, 2.45) is 5.73 Å². The summed E-state index contributed by atoms with van der Waals surface area (Å²) >= 11 is 0. The summed E-state index contributed by atoms with van der Waals surface area (Å²) in [5.74, 6) is -0.136. The highest BCUT2D eigenvalue weighted by Crippen LogP contribution is 2.19. The number of amides is 1. The van der Waals surface area contributed by atoms with Gasteiger partial charge in [0.2, 0.25) is 5.91 Å². The minimum atomic E-state index is -0.630. The van der Waals surface area contributed by atoms with Crippen LogP contribution in [-0.4, -0.2) is 5.91 Å². The van der Waals surface area contributed by atoms with Crippen LogP contribution in [0.25, 0.3) is 0 Å². The Bertz CT molecular complexity index is 554. The number of carbonyl (C=O) groups is 1. The van der Waals surface area contributed by atoms with Gasteiger partial charge < -0.3 is 11.1 Å². The van der Waals surface area contributed by atoms with Gasteiger partial charge in [-0.15, -0.1) is 0 Å². The van der Waals surface area contributed by atoms with Crippen molar-refractivity contribution in [1.29, 1.82) is 0 Å². The fourth-order valence-electron chi connectivity index (χ4n) is 2.37. The van der Waals surface area contributed by atoms with Crippen LogP contribution >= 0.6 is 0 Å². The van der Waals surface area contributed by atoms with Crippen molar-refractivity contribution >= 4 is 5.91 Å². The second-order valence-electron chi connectivity index (χ2n) is 5.15. The third-order valence-electron chi connectivity index (χ3n) is 3.54. The summed E-state index contributed by atoms with van der Waals surface area (Å²) < 4.78 is 0. The summed E-state index contributed by atoms with van der Waals surface area (Å²) in [4.78, 5) is 12.4. The third kappa shape index (κ3) is 4.17. The molecule has 2 aromatic rings. The molecule has 0 aliphatic rings. The lowest BCUT2D eigenvalue weighted by Crippen LogP contribution is -2.36. The topological polar surface area (TPSA) is 55.1 Å². The monoisotopic (exact) mass is 282 g/mol. The molecule has 110 valence electrons. The average Bonchev–Trinajstić information content (AvgIpc) is 2.55.